The lowest BCUT2D eigenvalue weighted by Gasteiger charge is -2.36. The Morgan fingerprint density at radius 1 is 0.957 bits per heavy atom. The average Bonchev–Trinajstić information content (AvgIpc) is 2.63. The van der Waals surface area contributed by atoms with Crippen molar-refractivity contribution in [3.05, 3.63) is 60.2 Å². The molecule has 1 aliphatic heterocycles. The molecule has 2 aromatic carbocycles. The van der Waals surface area contributed by atoms with Gasteiger partial charge in [-0.15, -0.1) is 0 Å². The van der Waals surface area contributed by atoms with Crippen LogP contribution in [-0.4, -0.2) is 37.1 Å². The average molecular weight is 306 g/mol. The molecule has 23 heavy (non-hydrogen) atoms. The number of para-hydroxylation sites is 1. The lowest BCUT2D eigenvalue weighted by atomic mass is 10.2. The summed E-state index contributed by atoms with van der Waals surface area (Å²) in [5.41, 5.74) is 2.48. The smallest absolute Gasteiger partial charge is 0.321 e. The minimum atomic E-state index is -0.0950. The number of hydrogen-bond acceptors (Lipinski definition) is 3. The first-order valence-corrected chi connectivity index (χ1v) is 7.62. The Bertz CT molecular complexity index is 698. The molecule has 0 radical (unpaired) electrons. The molecule has 1 N–H and O–H groups in total. The van der Waals surface area contributed by atoms with E-state index in [4.69, 9.17) is 5.26 Å². The SMILES string of the molecule is N#Cc1ccc(NC(=O)N2CCN(c3ccccc3)CC2)cc1. The van der Waals surface area contributed by atoms with Crippen LogP contribution >= 0.6 is 0 Å². The Kier molecular flexibility index (Phi) is 4.44. The van der Waals surface area contributed by atoms with E-state index in [1.807, 2.05) is 23.1 Å². The number of amides is 2. The molecule has 0 unspecified atom stereocenters. The summed E-state index contributed by atoms with van der Waals surface area (Å²) < 4.78 is 0. The van der Waals surface area contributed by atoms with E-state index in [1.165, 1.54) is 5.69 Å². The lowest BCUT2D eigenvalue weighted by molar-refractivity contribution is 0.208. The highest BCUT2D eigenvalue weighted by Gasteiger charge is 2.21. The Morgan fingerprint density at radius 2 is 1.61 bits per heavy atom. The second-order valence-electron chi connectivity index (χ2n) is 5.43. The van der Waals surface area contributed by atoms with Gasteiger partial charge >= 0.3 is 6.03 Å². The third-order valence-corrected chi connectivity index (χ3v) is 3.95. The fourth-order valence-electron chi connectivity index (χ4n) is 2.64. The standard InChI is InChI=1S/C18H18N4O/c19-14-15-6-8-16(9-7-15)20-18(23)22-12-10-21(11-13-22)17-4-2-1-3-5-17/h1-9H,10-13H2,(H,20,23). The van der Waals surface area contributed by atoms with Crippen LogP contribution in [0, 0.1) is 11.3 Å². The summed E-state index contributed by atoms with van der Waals surface area (Å²) in [6.07, 6.45) is 0. The summed E-state index contributed by atoms with van der Waals surface area (Å²) in [6.45, 7) is 3.03. The van der Waals surface area contributed by atoms with Gasteiger partial charge in [-0.3, -0.25) is 0 Å². The van der Waals surface area contributed by atoms with E-state index in [1.54, 1.807) is 24.3 Å². The number of nitriles is 1. The van der Waals surface area contributed by atoms with E-state index in [-0.39, 0.29) is 6.03 Å². The summed E-state index contributed by atoms with van der Waals surface area (Å²) in [6, 6.07) is 19.1. The highest BCUT2D eigenvalue weighted by Crippen LogP contribution is 2.16. The molecule has 0 saturated carbocycles. The zero-order valence-corrected chi connectivity index (χ0v) is 12.8. The van der Waals surface area contributed by atoms with Crippen molar-refractivity contribution in [3.8, 4) is 6.07 Å². The van der Waals surface area contributed by atoms with Crippen LogP contribution in [0.3, 0.4) is 0 Å². The van der Waals surface area contributed by atoms with Gasteiger partial charge in [0.2, 0.25) is 0 Å². The van der Waals surface area contributed by atoms with Gasteiger partial charge in [0.25, 0.3) is 0 Å². The van der Waals surface area contributed by atoms with E-state index in [0.29, 0.717) is 24.3 Å². The molecule has 0 bridgehead atoms. The second kappa shape index (κ2) is 6.84. The number of carbonyl (C=O) groups excluding carboxylic acids is 1. The summed E-state index contributed by atoms with van der Waals surface area (Å²) in [5, 5.41) is 11.7. The van der Waals surface area contributed by atoms with Crippen LogP contribution in [0.2, 0.25) is 0 Å². The molecular weight excluding hydrogens is 288 g/mol. The molecule has 1 aliphatic rings. The summed E-state index contributed by atoms with van der Waals surface area (Å²) in [7, 11) is 0. The van der Waals surface area contributed by atoms with Gasteiger partial charge in [-0.2, -0.15) is 5.26 Å². The van der Waals surface area contributed by atoms with Crippen molar-refractivity contribution in [1.29, 1.82) is 5.26 Å². The van der Waals surface area contributed by atoms with Crippen LogP contribution in [0.4, 0.5) is 16.2 Å². The number of piperazine rings is 1. The zero-order valence-electron chi connectivity index (χ0n) is 12.8. The van der Waals surface area contributed by atoms with Crippen molar-refractivity contribution in [2.75, 3.05) is 36.4 Å². The number of nitrogens with one attached hydrogen (secondary N) is 1. The van der Waals surface area contributed by atoms with Crippen molar-refractivity contribution >= 4 is 17.4 Å². The maximum atomic E-state index is 12.3. The third-order valence-electron chi connectivity index (χ3n) is 3.95. The predicted molar refractivity (Wildman–Crippen MR) is 90.4 cm³/mol. The van der Waals surface area contributed by atoms with Gasteiger partial charge in [0.15, 0.2) is 0 Å². The van der Waals surface area contributed by atoms with E-state index in [0.717, 1.165) is 13.1 Å². The minimum Gasteiger partial charge on any atom is -0.368 e. The third kappa shape index (κ3) is 3.61. The molecule has 1 heterocycles. The Labute approximate surface area is 135 Å². The van der Waals surface area contributed by atoms with Crippen molar-refractivity contribution in [2.24, 2.45) is 0 Å². The highest BCUT2D eigenvalue weighted by molar-refractivity contribution is 5.89. The molecule has 3 rings (SSSR count). The normalized spacial score (nSPS) is 14.2. The number of urea groups is 1. The number of benzene rings is 2. The molecule has 0 atom stereocenters. The fraction of sp³-hybridized carbons (Fsp3) is 0.222. The van der Waals surface area contributed by atoms with Gasteiger partial charge in [-0.25, -0.2) is 4.79 Å². The molecule has 5 heteroatoms. The van der Waals surface area contributed by atoms with Crippen LogP contribution in [-0.2, 0) is 0 Å². The van der Waals surface area contributed by atoms with Crippen LogP contribution in [0.15, 0.2) is 54.6 Å². The topological polar surface area (TPSA) is 59.4 Å². The van der Waals surface area contributed by atoms with Crippen molar-refractivity contribution in [3.63, 3.8) is 0 Å². The molecule has 0 aromatic heterocycles. The molecule has 2 amide bonds. The summed E-state index contributed by atoms with van der Waals surface area (Å²) >= 11 is 0. The van der Waals surface area contributed by atoms with Gasteiger partial charge in [0.05, 0.1) is 11.6 Å². The van der Waals surface area contributed by atoms with Crippen molar-refractivity contribution in [2.45, 2.75) is 0 Å². The first-order valence-electron chi connectivity index (χ1n) is 7.62. The molecule has 5 nitrogen and oxygen atoms in total. The number of nitrogens with zero attached hydrogens (tertiary/aromatic N) is 3. The van der Waals surface area contributed by atoms with Crippen LogP contribution in [0.25, 0.3) is 0 Å². The van der Waals surface area contributed by atoms with Crippen molar-refractivity contribution < 1.29 is 4.79 Å². The number of carbonyl (C=O) groups is 1. The van der Waals surface area contributed by atoms with Crippen LogP contribution in [0.5, 0.6) is 0 Å². The maximum absolute atomic E-state index is 12.3. The Hall–Kier alpha value is -3.00. The van der Waals surface area contributed by atoms with Gasteiger partial charge in [-0.1, -0.05) is 18.2 Å². The molecular formula is C18H18N4O. The van der Waals surface area contributed by atoms with E-state index in [9.17, 15) is 4.79 Å². The van der Waals surface area contributed by atoms with Crippen molar-refractivity contribution in [1.82, 2.24) is 4.90 Å². The van der Waals surface area contributed by atoms with E-state index in [2.05, 4.69) is 28.4 Å². The summed E-state index contributed by atoms with van der Waals surface area (Å²) in [5.74, 6) is 0. The summed E-state index contributed by atoms with van der Waals surface area (Å²) in [4.78, 5) is 16.4. The lowest BCUT2D eigenvalue weighted by Crippen LogP contribution is -2.50. The molecule has 2 aromatic rings. The first kappa shape index (κ1) is 14.9. The minimum absolute atomic E-state index is 0.0950. The van der Waals surface area contributed by atoms with E-state index < -0.39 is 0 Å². The second-order valence-corrected chi connectivity index (χ2v) is 5.43. The largest absolute Gasteiger partial charge is 0.368 e. The molecule has 0 spiro atoms. The molecule has 1 fully saturated rings. The van der Waals surface area contributed by atoms with Crippen LogP contribution < -0.4 is 10.2 Å². The Morgan fingerprint density at radius 3 is 2.22 bits per heavy atom. The molecule has 1 saturated heterocycles. The highest BCUT2D eigenvalue weighted by atomic mass is 16.2. The fourth-order valence-corrected chi connectivity index (χ4v) is 2.64. The van der Waals surface area contributed by atoms with Gasteiger partial charge < -0.3 is 15.1 Å². The van der Waals surface area contributed by atoms with Gasteiger partial charge in [0.1, 0.15) is 0 Å². The van der Waals surface area contributed by atoms with Gasteiger partial charge in [0, 0.05) is 37.6 Å². The number of hydrogen-bond donors (Lipinski definition) is 1. The number of anilines is 2. The van der Waals surface area contributed by atoms with Gasteiger partial charge in [-0.05, 0) is 36.4 Å². The van der Waals surface area contributed by atoms with Crippen LogP contribution in [0.1, 0.15) is 5.56 Å². The molecule has 116 valence electrons. The molecule has 0 aliphatic carbocycles. The quantitative estimate of drug-likeness (QED) is 0.928. The first-order chi connectivity index (χ1) is 11.3. The Balaban J connectivity index is 1.55. The zero-order chi connectivity index (χ0) is 16.1. The monoisotopic (exact) mass is 306 g/mol. The number of rotatable bonds is 2. The predicted octanol–water partition coefficient (Wildman–Crippen LogP) is 2.91. The maximum Gasteiger partial charge on any atom is 0.321 e. The van der Waals surface area contributed by atoms with E-state index >= 15 is 0 Å².